The molecule has 0 radical (unpaired) electrons. The van der Waals surface area contributed by atoms with Crippen molar-refractivity contribution in [2.24, 2.45) is 17.2 Å². The van der Waals surface area contributed by atoms with E-state index in [2.05, 4.69) is 4.99 Å². The first-order valence-corrected chi connectivity index (χ1v) is 4.48. The molecule has 6 unspecified atom stereocenters. The van der Waals surface area contributed by atoms with Gasteiger partial charge >= 0.3 is 5.96 Å². The van der Waals surface area contributed by atoms with Gasteiger partial charge in [0.25, 0.3) is 0 Å². The molecule has 1 aliphatic carbocycles. The molecule has 1 rings (SSSR count). The highest BCUT2D eigenvalue weighted by Crippen LogP contribution is 2.17. The molecule has 0 aromatic heterocycles. The lowest BCUT2D eigenvalue weighted by atomic mass is 9.82. The first-order valence-electron chi connectivity index (χ1n) is 4.48. The van der Waals surface area contributed by atoms with Crippen LogP contribution in [0, 0.1) is 0 Å². The summed E-state index contributed by atoms with van der Waals surface area (Å²) < 4.78 is 0. The summed E-state index contributed by atoms with van der Waals surface area (Å²) >= 11 is 0. The van der Waals surface area contributed by atoms with Crippen molar-refractivity contribution in [3.05, 3.63) is 0 Å². The molecule has 0 saturated heterocycles. The fraction of sp³-hybridized carbons (Fsp3) is 0.857. The Morgan fingerprint density at radius 3 is 1.87 bits per heavy atom. The highest BCUT2D eigenvalue weighted by atomic mass is 16.4. The molecule has 88 valence electrons. The molecule has 8 nitrogen and oxygen atoms in total. The smallest absolute Gasteiger partial charge is 0.339 e. The zero-order valence-corrected chi connectivity index (χ0v) is 7.99. The SMILES string of the molecule is NC(N)=[NH+]C1C(O)C(N)C(O)C(O)C1O. The zero-order valence-electron chi connectivity index (χ0n) is 7.99. The lowest BCUT2D eigenvalue weighted by molar-refractivity contribution is -0.541. The maximum Gasteiger partial charge on any atom is 0.339 e. The number of hydrogen-bond acceptors (Lipinski definition) is 5. The van der Waals surface area contributed by atoms with E-state index >= 15 is 0 Å². The van der Waals surface area contributed by atoms with Gasteiger partial charge in [0.05, 0.1) is 6.04 Å². The predicted octanol–water partition coefficient (Wildman–Crippen LogP) is -6.51. The first-order chi connectivity index (χ1) is 6.86. The monoisotopic (exact) mass is 221 g/mol. The van der Waals surface area contributed by atoms with Gasteiger partial charge in [-0.25, -0.2) is 0 Å². The van der Waals surface area contributed by atoms with Gasteiger partial charge in [-0.15, -0.1) is 0 Å². The van der Waals surface area contributed by atoms with E-state index < -0.39 is 36.5 Å². The minimum Gasteiger partial charge on any atom is -0.389 e. The molecule has 6 atom stereocenters. The summed E-state index contributed by atoms with van der Waals surface area (Å²) in [6, 6.07) is -2.09. The quantitative estimate of drug-likeness (QED) is 0.160. The van der Waals surface area contributed by atoms with Crippen molar-refractivity contribution >= 4 is 5.96 Å². The maximum atomic E-state index is 9.60. The third kappa shape index (κ3) is 2.19. The standard InChI is InChI=1S/C7H16N4O4/c8-1-3(12)2(11-7(9)10)5(14)6(15)4(1)13/h1-6,12-15H,8H2,(H4,9,10,11)/p+1. The second-order valence-electron chi connectivity index (χ2n) is 3.67. The Balaban J connectivity index is 2.91. The Kier molecular flexibility index (Phi) is 3.47. The van der Waals surface area contributed by atoms with Crippen molar-refractivity contribution in [1.29, 1.82) is 0 Å². The molecule has 1 aliphatic rings. The summed E-state index contributed by atoms with van der Waals surface area (Å²) in [4.78, 5) is 2.38. The largest absolute Gasteiger partial charge is 0.389 e. The molecule has 11 N–H and O–H groups in total. The van der Waals surface area contributed by atoms with Crippen LogP contribution in [0.4, 0.5) is 0 Å². The minimum atomic E-state index is -1.46. The van der Waals surface area contributed by atoms with Gasteiger partial charge in [0.15, 0.2) is 0 Å². The number of aliphatic hydroxyl groups is 4. The summed E-state index contributed by atoms with van der Waals surface area (Å²) in [5.74, 6) is -0.214. The number of nitrogens with two attached hydrogens (primary N) is 3. The van der Waals surface area contributed by atoms with Crippen LogP contribution < -0.4 is 22.2 Å². The van der Waals surface area contributed by atoms with E-state index in [1.54, 1.807) is 0 Å². The second kappa shape index (κ2) is 4.29. The molecule has 0 heterocycles. The summed E-state index contributed by atoms with van der Waals surface area (Å²) in [7, 11) is 0. The maximum absolute atomic E-state index is 9.60. The average molecular weight is 221 g/mol. The Morgan fingerprint density at radius 2 is 1.40 bits per heavy atom. The number of aliphatic hydroxyl groups excluding tert-OH is 4. The van der Waals surface area contributed by atoms with Gasteiger partial charge in [-0.2, -0.15) is 0 Å². The first kappa shape index (κ1) is 12.1. The van der Waals surface area contributed by atoms with Crippen molar-refractivity contribution in [1.82, 2.24) is 0 Å². The number of hydrogen-bond donors (Lipinski definition) is 8. The molecular formula is C7H17N4O4+. The van der Waals surface area contributed by atoms with Crippen molar-refractivity contribution in [2.45, 2.75) is 36.5 Å². The van der Waals surface area contributed by atoms with E-state index in [4.69, 9.17) is 17.2 Å². The zero-order chi connectivity index (χ0) is 11.7. The minimum absolute atomic E-state index is 0.214. The molecule has 15 heavy (non-hydrogen) atoms. The molecular weight excluding hydrogens is 204 g/mol. The van der Waals surface area contributed by atoms with Crippen LogP contribution in [0.1, 0.15) is 0 Å². The van der Waals surface area contributed by atoms with E-state index in [-0.39, 0.29) is 5.96 Å². The van der Waals surface area contributed by atoms with E-state index in [0.29, 0.717) is 0 Å². The van der Waals surface area contributed by atoms with Crippen LogP contribution in [0.15, 0.2) is 0 Å². The van der Waals surface area contributed by atoms with Gasteiger partial charge in [-0.1, -0.05) is 0 Å². The van der Waals surface area contributed by atoms with E-state index in [1.807, 2.05) is 0 Å². The van der Waals surface area contributed by atoms with Crippen LogP contribution >= 0.6 is 0 Å². The fourth-order valence-electron chi connectivity index (χ4n) is 1.65. The molecule has 0 aliphatic heterocycles. The molecule has 0 aromatic rings. The van der Waals surface area contributed by atoms with E-state index in [1.165, 1.54) is 0 Å². The molecule has 0 bridgehead atoms. The fourth-order valence-corrected chi connectivity index (χ4v) is 1.65. The van der Waals surface area contributed by atoms with Gasteiger partial charge in [-0.3, -0.25) is 16.5 Å². The Labute approximate surface area is 86.0 Å². The van der Waals surface area contributed by atoms with Crippen LogP contribution in [0.5, 0.6) is 0 Å². The topological polar surface area (TPSA) is 173 Å². The van der Waals surface area contributed by atoms with Gasteiger partial charge in [-0.05, 0) is 0 Å². The normalized spacial score (nSPS) is 46.2. The van der Waals surface area contributed by atoms with Gasteiger partial charge in [0, 0.05) is 0 Å². The van der Waals surface area contributed by atoms with Crippen LogP contribution in [0.25, 0.3) is 0 Å². The molecule has 1 saturated carbocycles. The molecule has 0 spiro atoms. The number of nitrogens with one attached hydrogen (secondary N) is 1. The van der Waals surface area contributed by atoms with Crippen molar-refractivity contribution < 1.29 is 25.4 Å². The summed E-state index contributed by atoms with van der Waals surface area (Å²) in [5.41, 5.74) is 15.7. The van der Waals surface area contributed by atoms with Crippen LogP contribution in [0.3, 0.4) is 0 Å². The Hall–Kier alpha value is -0.930. The lowest BCUT2D eigenvalue weighted by Crippen LogP contribution is -2.93. The highest BCUT2D eigenvalue weighted by molar-refractivity contribution is 5.69. The summed E-state index contributed by atoms with van der Waals surface area (Å²) in [6.07, 6.45) is -5.52. The Bertz CT molecular complexity index is 241. The van der Waals surface area contributed by atoms with Gasteiger partial charge in [0.2, 0.25) is 0 Å². The van der Waals surface area contributed by atoms with Crippen LogP contribution in [-0.2, 0) is 0 Å². The van der Waals surface area contributed by atoms with E-state index in [0.717, 1.165) is 0 Å². The van der Waals surface area contributed by atoms with Gasteiger partial charge in [0.1, 0.15) is 30.5 Å². The molecule has 1 fully saturated rings. The molecule has 0 aromatic carbocycles. The van der Waals surface area contributed by atoms with Crippen LogP contribution in [-0.4, -0.2) is 62.9 Å². The Morgan fingerprint density at radius 1 is 0.867 bits per heavy atom. The average Bonchev–Trinajstić information content (AvgIpc) is 2.18. The molecule has 0 amide bonds. The summed E-state index contributed by atoms with van der Waals surface area (Å²) in [5, 5.41) is 37.9. The van der Waals surface area contributed by atoms with Crippen molar-refractivity contribution in [3.8, 4) is 0 Å². The highest BCUT2D eigenvalue weighted by Gasteiger charge is 2.48. The number of rotatable bonds is 1. The van der Waals surface area contributed by atoms with E-state index in [9.17, 15) is 20.4 Å². The third-order valence-corrected chi connectivity index (χ3v) is 2.56. The lowest BCUT2D eigenvalue weighted by Gasteiger charge is -2.40. The van der Waals surface area contributed by atoms with Gasteiger partial charge < -0.3 is 26.2 Å². The predicted molar refractivity (Wildman–Crippen MR) is 50.1 cm³/mol. The second-order valence-corrected chi connectivity index (χ2v) is 3.67. The third-order valence-electron chi connectivity index (χ3n) is 2.56. The van der Waals surface area contributed by atoms with Crippen LogP contribution in [0.2, 0.25) is 0 Å². The number of guanidine groups is 1. The summed E-state index contributed by atoms with van der Waals surface area (Å²) in [6.45, 7) is 0. The van der Waals surface area contributed by atoms with Crippen molar-refractivity contribution in [3.63, 3.8) is 0 Å². The molecule has 8 heteroatoms. The van der Waals surface area contributed by atoms with Crippen molar-refractivity contribution in [2.75, 3.05) is 0 Å².